The molecule has 0 N–H and O–H groups in total. The van der Waals surface area contributed by atoms with E-state index in [0.29, 0.717) is 0 Å². The number of hydrogen-bond donors (Lipinski definition) is 0. The molecular weight excluding hydrogens is 577 g/mol. The summed E-state index contributed by atoms with van der Waals surface area (Å²) in [7, 11) is 0. The zero-order valence-electron chi connectivity index (χ0n) is 25.7. The van der Waals surface area contributed by atoms with Gasteiger partial charge in [0.25, 0.3) is 0 Å². The summed E-state index contributed by atoms with van der Waals surface area (Å²) in [5.74, 6) is 0.748. The summed E-state index contributed by atoms with van der Waals surface area (Å²) < 4.78 is 2.65. The number of nitrogens with zero attached hydrogens (tertiary/aromatic N) is 2. The summed E-state index contributed by atoms with van der Waals surface area (Å²) in [6, 6.07) is 52.2. The molecule has 2 nitrogen and oxygen atoms in total. The first-order valence-corrected chi connectivity index (χ1v) is 16.6. The smallest absolute Gasteiger partial charge is 0.160 e. The van der Waals surface area contributed by atoms with Gasteiger partial charge >= 0.3 is 0 Å². The Bertz CT molecular complexity index is 2440. The van der Waals surface area contributed by atoms with Crippen LogP contribution in [0, 0.1) is 0 Å². The molecule has 0 spiro atoms. The number of fused-ring (bicyclic) bond motifs is 6. The van der Waals surface area contributed by atoms with E-state index in [1.54, 1.807) is 0 Å². The van der Waals surface area contributed by atoms with Gasteiger partial charge in [0.1, 0.15) is 0 Å². The van der Waals surface area contributed by atoms with Crippen molar-refractivity contribution in [1.29, 1.82) is 0 Å². The molecule has 0 atom stereocenters. The Morgan fingerprint density at radius 1 is 0.478 bits per heavy atom. The zero-order valence-corrected chi connectivity index (χ0v) is 26.5. The first-order chi connectivity index (χ1) is 22.6. The molecule has 0 bridgehead atoms. The average molecular weight is 607 g/mol. The molecule has 2 aromatic heterocycles. The lowest BCUT2D eigenvalue weighted by Crippen LogP contribution is -2.17. The van der Waals surface area contributed by atoms with E-state index in [2.05, 4.69) is 159 Å². The standard InChI is InChI=1S/C43H30N2S/c1-43(2)36-20-8-6-17-35(36)40-38(43)39(44-42(45-40)31-15-10-14-30(26-31)27-12-4-3-5-13-27)29-24-22-28(23-25-29)32-18-11-19-34-33-16-7-9-21-37(33)46-41(32)34/h3-26H,1-2H3. The number of aromatic nitrogens is 2. The van der Waals surface area contributed by atoms with Gasteiger partial charge in [-0.05, 0) is 39.9 Å². The number of thiophene rings is 1. The highest BCUT2D eigenvalue weighted by molar-refractivity contribution is 7.26. The third-order valence-corrected chi connectivity index (χ3v) is 10.7. The van der Waals surface area contributed by atoms with Crippen molar-refractivity contribution in [2.45, 2.75) is 19.3 Å². The van der Waals surface area contributed by atoms with Crippen LogP contribution in [0.15, 0.2) is 146 Å². The van der Waals surface area contributed by atoms with Gasteiger partial charge in [-0.2, -0.15) is 0 Å². The van der Waals surface area contributed by atoms with Crippen LogP contribution >= 0.6 is 11.3 Å². The molecule has 8 aromatic rings. The fraction of sp³-hybridized carbons (Fsp3) is 0.0698. The molecule has 0 radical (unpaired) electrons. The SMILES string of the molecule is CC1(C)c2ccccc2-c2nc(-c3cccc(-c4ccccc4)c3)nc(-c3ccc(-c4cccc5c4sc4ccccc45)cc3)c21. The van der Waals surface area contributed by atoms with Gasteiger partial charge in [0.2, 0.25) is 0 Å². The van der Waals surface area contributed by atoms with Crippen molar-refractivity contribution in [3.63, 3.8) is 0 Å². The molecular formula is C43H30N2S. The number of rotatable bonds is 4. The fourth-order valence-electron chi connectivity index (χ4n) is 7.21. The highest BCUT2D eigenvalue weighted by Gasteiger charge is 2.40. The van der Waals surface area contributed by atoms with Crippen molar-refractivity contribution in [3.05, 3.63) is 157 Å². The predicted octanol–water partition coefficient (Wildman–Crippen LogP) is 11.8. The molecule has 0 amide bonds. The normalized spacial score (nSPS) is 13.2. The van der Waals surface area contributed by atoms with Crippen LogP contribution in [-0.2, 0) is 5.41 Å². The van der Waals surface area contributed by atoms with Crippen molar-refractivity contribution in [1.82, 2.24) is 9.97 Å². The lowest BCUT2D eigenvalue weighted by molar-refractivity contribution is 0.658. The largest absolute Gasteiger partial charge is 0.228 e. The van der Waals surface area contributed by atoms with E-state index in [4.69, 9.17) is 9.97 Å². The zero-order chi connectivity index (χ0) is 30.8. The molecule has 3 heteroatoms. The van der Waals surface area contributed by atoms with E-state index in [1.165, 1.54) is 53.6 Å². The lowest BCUT2D eigenvalue weighted by Gasteiger charge is -2.24. The van der Waals surface area contributed by atoms with E-state index in [1.807, 2.05) is 11.3 Å². The van der Waals surface area contributed by atoms with Gasteiger partial charge < -0.3 is 0 Å². The molecule has 1 aliphatic carbocycles. The van der Waals surface area contributed by atoms with E-state index >= 15 is 0 Å². The maximum absolute atomic E-state index is 5.37. The van der Waals surface area contributed by atoms with Gasteiger partial charge in [-0.1, -0.05) is 147 Å². The number of benzene rings is 6. The van der Waals surface area contributed by atoms with Gasteiger partial charge in [0.15, 0.2) is 5.82 Å². The topological polar surface area (TPSA) is 25.8 Å². The molecule has 46 heavy (non-hydrogen) atoms. The van der Waals surface area contributed by atoms with Crippen LogP contribution in [0.5, 0.6) is 0 Å². The second-order valence-electron chi connectivity index (χ2n) is 12.6. The second-order valence-corrected chi connectivity index (χ2v) is 13.6. The fourth-order valence-corrected chi connectivity index (χ4v) is 8.44. The van der Waals surface area contributed by atoms with Crippen LogP contribution in [0.2, 0.25) is 0 Å². The first-order valence-electron chi connectivity index (χ1n) is 15.8. The molecule has 6 aromatic carbocycles. The van der Waals surface area contributed by atoms with Crippen LogP contribution in [0.4, 0.5) is 0 Å². The van der Waals surface area contributed by atoms with Crippen LogP contribution in [0.3, 0.4) is 0 Å². The Morgan fingerprint density at radius 3 is 1.98 bits per heavy atom. The highest BCUT2D eigenvalue weighted by atomic mass is 32.1. The summed E-state index contributed by atoms with van der Waals surface area (Å²) in [6.07, 6.45) is 0. The summed E-state index contributed by atoms with van der Waals surface area (Å²) in [5, 5.41) is 2.64. The van der Waals surface area contributed by atoms with Crippen molar-refractivity contribution in [3.8, 4) is 56.2 Å². The summed E-state index contributed by atoms with van der Waals surface area (Å²) in [4.78, 5) is 10.7. The van der Waals surface area contributed by atoms with Gasteiger partial charge in [-0.25, -0.2) is 9.97 Å². The van der Waals surface area contributed by atoms with Crippen LogP contribution in [0.1, 0.15) is 25.0 Å². The minimum Gasteiger partial charge on any atom is -0.228 e. The minimum absolute atomic E-state index is 0.229. The summed E-state index contributed by atoms with van der Waals surface area (Å²) >= 11 is 1.87. The Labute approximate surface area is 272 Å². The maximum Gasteiger partial charge on any atom is 0.160 e. The van der Waals surface area contributed by atoms with Gasteiger partial charge in [0, 0.05) is 47.8 Å². The van der Waals surface area contributed by atoms with Gasteiger partial charge in [-0.15, -0.1) is 11.3 Å². The van der Waals surface area contributed by atoms with Crippen molar-refractivity contribution in [2.24, 2.45) is 0 Å². The van der Waals surface area contributed by atoms with E-state index in [9.17, 15) is 0 Å². The molecule has 0 saturated heterocycles. The minimum atomic E-state index is -0.229. The van der Waals surface area contributed by atoms with Crippen LogP contribution in [-0.4, -0.2) is 9.97 Å². The molecule has 0 fully saturated rings. The quantitative estimate of drug-likeness (QED) is 0.199. The molecule has 1 aliphatic rings. The van der Waals surface area contributed by atoms with Crippen LogP contribution in [0.25, 0.3) is 76.3 Å². The Balaban J connectivity index is 1.21. The summed E-state index contributed by atoms with van der Waals surface area (Å²) in [6.45, 7) is 4.60. The monoisotopic (exact) mass is 606 g/mol. The Morgan fingerprint density at radius 2 is 1.11 bits per heavy atom. The third kappa shape index (κ3) is 4.16. The molecule has 9 rings (SSSR count). The Kier molecular flexibility index (Phi) is 6.06. The maximum atomic E-state index is 5.37. The van der Waals surface area contributed by atoms with E-state index in [-0.39, 0.29) is 5.41 Å². The summed E-state index contributed by atoms with van der Waals surface area (Å²) in [5.41, 5.74) is 12.4. The van der Waals surface area contributed by atoms with E-state index in [0.717, 1.165) is 33.9 Å². The van der Waals surface area contributed by atoms with Gasteiger partial charge in [0.05, 0.1) is 11.4 Å². The third-order valence-electron chi connectivity index (χ3n) is 9.49. The highest BCUT2D eigenvalue weighted by Crippen LogP contribution is 2.51. The molecule has 0 aliphatic heterocycles. The molecule has 0 saturated carbocycles. The second kappa shape index (κ2) is 10.3. The molecule has 2 heterocycles. The average Bonchev–Trinajstić information content (AvgIpc) is 3.61. The Hall–Kier alpha value is -5.38. The van der Waals surface area contributed by atoms with Crippen LogP contribution < -0.4 is 0 Å². The van der Waals surface area contributed by atoms with Crippen molar-refractivity contribution < 1.29 is 0 Å². The molecule has 0 unspecified atom stereocenters. The first kappa shape index (κ1) is 27.0. The lowest BCUT2D eigenvalue weighted by atomic mass is 9.80. The number of hydrogen-bond acceptors (Lipinski definition) is 3. The predicted molar refractivity (Wildman–Crippen MR) is 194 cm³/mol. The van der Waals surface area contributed by atoms with Crippen molar-refractivity contribution in [2.75, 3.05) is 0 Å². The molecule has 218 valence electrons. The van der Waals surface area contributed by atoms with E-state index < -0.39 is 0 Å². The van der Waals surface area contributed by atoms with Gasteiger partial charge in [-0.3, -0.25) is 0 Å². The van der Waals surface area contributed by atoms with Crippen molar-refractivity contribution >= 4 is 31.5 Å².